The van der Waals surface area contributed by atoms with Gasteiger partial charge < -0.3 is 5.73 Å². The van der Waals surface area contributed by atoms with Crippen LogP contribution < -0.4 is 5.73 Å². The van der Waals surface area contributed by atoms with Gasteiger partial charge in [0.2, 0.25) is 0 Å². The zero-order valence-electron chi connectivity index (χ0n) is 9.80. The fourth-order valence-electron chi connectivity index (χ4n) is 1.26. The van der Waals surface area contributed by atoms with Gasteiger partial charge in [-0.25, -0.2) is 0 Å². The van der Waals surface area contributed by atoms with E-state index in [1.807, 2.05) is 0 Å². The molecule has 0 bridgehead atoms. The molecule has 1 heteroatoms. The third-order valence-corrected chi connectivity index (χ3v) is 2.91. The van der Waals surface area contributed by atoms with Crippen molar-refractivity contribution in [2.24, 2.45) is 23.5 Å². The number of nitrogens with two attached hydrogens (primary N) is 1. The minimum atomic E-state index is 0.168. The summed E-state index contributed by atoms with van der Waals surface area (Å²) in [5, 5.41) is 0. The van der Waals surface area contributed by atoms with Crippen molar-refractivity contribution in [3.63, 3.8) is 0 Å². The van der Waals surface area contributed by atoms with Crippen LogP contribution in [0.25, 0.3) is 0 Å². The van der Waals surface area contributed by atoms with Crippen molar-refractivity contribution in [3.8, 4) is 0 Å². The summed E-state index contributed by atoms with van der Waals surface area (Å²) in [6.45, 7) is 15.1. The monoisotopic (exact) mass is 183 g/mol. The van der Waals surface area contributed by atoms with Gasteiger partial charge >= 0.3 is 0 Å². The molecule has 0 aromatic carbocycles. The van der Waals surface area contributed by atoms with Crippen molar-refractivity contribution >= 4 is 0 Å². The molecule has 2 N–H and O–H groups in total. The van der Waals surface area contributed by atoms with E-state index in [0.717, 1.165) is 12.3 Å². The Labute approximate surface area is 83.4 Å². The summed E-state index contributed by atoms with van der Waals surface area (Å²) in [6, 6.07) is 0.168. The van der Waals surface area contributed by atoms with Gasteiger partial charge in [0, 0.05) is 6.04 Å². The van der Waals surface area contributed by atoms with E-state index in [1.54, 1.807) is 0 Å². The largest absolute Gasteiger partial charge is 0.324 e. The summed E-state index contributed by atoms with van der Waals surface area (Å²) in [7, 11) is 0. The van der Waals surface area contributed by atoms with Crippen molar-refractivity contribution in [3.05, 3.63) is 12.2 Å². The molecule has 2 unspecified atom stereocenters. The first-order chi connectivity index (χ1) is 5.86. The lowest BCUT2D eigenvalue weighted by Gasteiger charge is -2.23. The smallest absolute Gasteiger partial charge is 0.0274 e. The van der Waals surface area contributed by atoms with Crippen LogP contribution in [0.2, 0.25) is 0 Å². The van der Waals surface area contributed by atoms with Gasteiger partial charge in [-0.3, -0.25) is 0 Å². The van der Waals surface area contributed by atoms with Gasteiger partial charge in [0.15, 0.2) is 0 Å². The van der Waals surface area contributed by atoms with Gasteiger partial charge in [-0.05, 0) is 24.2 Å². The standard InChI is InChI=1S/C12H25N/c1-8(2)10(5)7-11(6)12(13)9(3)4/h8-10,12H,6-7,13H2,1-5H3. The molecule has 78 valence electrons. The highest BCUT2D eigenvalue weighted by Crippen LogP contribution is 2.21. The summed E-state index contributed by atoms with van der Waals surface area (Å²) in [5.74, 6) is 1.92. The molecular weight excluding hydrogens is 158 g/mol. The number of hydrogen-bond donors (Lipinski definition) is 1. The third-order valence-electron chi connectivity index (χ3n) is 2.91. The lowest BCUT2D eigenvalue weighted by molar-refractivity contribution is 0.397. The Hall–Kier alpha value is -0.300. The summed E-state index contributed by atoms with van der Waals surface area (Å²) < 4.78 is 0. The van der Waals surface area contributed by atoms with Crippen LogP contribution in [-0.2, 0) is 0 Å². The van der Waals surface area contributed by atoms with E-state index < -0.39 is 0 Å². The zero-order valence-corrected chi connectivity index (χ0v) is 9.80. The molecule has 0 aromatic heterocycles. The summed E-state index contributed by atoms with van der Waals surface area (Å²) >= 11 is 0. The molecule has 0 aliphatic rings. The number of rotatable bonds is 5. The lowest BCUT2D eigenvalue weighted by Crippen LogP contribution is -2.29. The molecule has 0 aliphatic heterocycles. The fraction of sp³-hybridized carbons (Fsp3) is 0.833. The van der Waals surface area contributed by atoms with Crippen molar-refractivity contribution in [1.82, 2.24) is 0 Å². The van der Waals surface area contributed by atoms with E-state index in [1.165, 1.54) is 5.57 Å². The molecule has 0 saturated heterocycles. The molecule has 0 amide bonds. The first kappa shape index (κ1) is 12.7. The van der Waals surface area contributed by atoms with Crippen LogP contribution in [0.5, 0.6) is 0 Å². The van der Waals surface area contributed by atoms with Crippen LogP contribution >= 0.6 is 0 Å². The fourth-order valence-corrected chi connectivity index (χ4v) is 1.26. The molecule has 0 radical (unpaired) electrons. The molecule has 0 aliphatic carbocycles. The zero-order chi connectivity index (χ0) is 10.6. The highest BCUT2D eigenvalue weighted by atomic mass is 14.6. The Morgan fingerprint density at radius 3 is 1.85 bits per heavy atom. The van der Waals surface area contributed by atoms with E-state index in [2.05, 4.69) is 41.2 Å². The summed E-state index contributed by atoms with van der Waals surface area (Å²) in [5.41, 5.74) is 7.21. The van der Waals surface area contributed by atoms with E-state index in [-0.39, 0.29) is 6.04 Å². The molecule has 1 nitrogen and oxygen atoms in total. The lowest BCUT2D eigenvalue weighted by atomic mass is 9.86. The molecule has 13 heavy (non-hydrogen) atoms. The minimum Gasteiger partial charge on any atom is -0.324 e. The Morgan fingerprint density at radius 2 is 1.54 bits per heavy atom. The topological polar surface area (TPSA) is 26.0 Å². The molecule has 0 saturated carbocycles. The van der Waals surface area contributed by atoms with Crippen LogP contribution in [0.4, 0.5) is 0 Å². The van der Waals surface area contributed by atoms with Crippen LogP contribution in [-0.4, -0.2) is 6.04 Å². The minimum absolute atomic E-state index is 0.168. The molecule has 0 aromatic rings. The van der Waals surface area contributed by atoms with Gasteiger partial charge in [-0.2, -0.15) is 0 Å². The van der Waals surface area contributed by atoms with E-state index >= 15 is 0 Å². The predicted molar refractivity (Wildman–Crippen MR) is 60.6 cm³/mol. The van der Waals surface area contributed by atoms with Gasteiger partial charge in [0.1, 0.15) is 0 Å². The molecular formula is C12H25N. The van der Waals surface area contributed by atoms with Gasteiger partial charge in [-0.1, -0.05) is 46.8 Å². The van der Waals surface area contributed by atoms with E-state index in [0.29, 0.717) is 11.8 Å². The van der Waals surface area contributed by atoms with Crippen LogP contribution in [0.1, 0.15) is 41.0 Å². The Bertz CT molecular complexity index is 159. The van der Waals surface area contributed by atoms with Crippen LogP contribution in [0.3, 0.4) is 0 Å². The number of hydrogen-bond acceptors (Lipinski definition) is 1. The van der Waals surface area contributed by atoms with Gasteiger partial charge in [0.05, 0.1) is 0 Å². The molecule has 0 fully saturated rings. The Morgan fingerprint density at radius 1 is 1.08 bits per heavy atom. The maximum atomic E-state index is 6.01. The normalized spacial score (nSPS) is 16.3. The summed E-state index contributed by atoms with van der Waals surface area (Å²) in [4.78, 5) is 0. The Balaban J connectivity index is 4.00. The van der Waals surface area contributed by atoms with Crippen LogP contribution in [0.15, 0.2) is 12.2 Å². The second kappa shape index (κ2) is 5.43. The highest BCUT2D eigenvalue weighted by molar-refractivity contribution is 5.06. The maximum absolute atomic E-state index is 6.01. The SMILES string of the molecule is C=C(CC(C)C(C)C)C(N)C(C)C. The van der Waals surface area contributed by atoms with E-state index in [9.17, 15) is 0 Å². The maximum Gasteiger partial charge on any atom is 0.0274 e. The quantitative estimate of drug-likeness (QED) is 0.651. The Kier molecular flexibility index (Phi) is 5.31. The van der Waals surface area contributed by atoms with Crippen molar-refractivity contribution in [1.29, 1.82) is 0 Å². The highest BCUT2D eigenvalue weighted by Gasteiger charge is 2.15. The van der Waals surface area contributed by atoms with Gasteiger partial charge in [-0.15, -0.1) is 0 Å². The van der Waals surface area contributed by atoms with Gasteiger partial charge in [0.25, 0.3) is 0 Å². The average molecular weight is 183 g/mol. The first-order valence-electron chi connectivity index (χ1n) is 5.29. The molecule has 0 heterocycles. The van der Waals surface area contributed by atoms with Crippen molar-refractivity contribution in [2.75, 3.05) is 0 Å². The van der Waals surface area contributed by atoms with E-state index in [4.69, 9.17) is 5.73 Å². The second-order valence-electron chi connectivity index (χ2n) is 4.85. The molecule has 2 atom stereocenters. The molecule has 0 spiro atoms. The molecule has 0 rings (SSSR count). The predicted octanol–water partition coefficient (Wildman–Crippen LogP) is 3.21. The van der Waals surface area contributed by atoms with Crippen LogP contribution in [0, 0.1) is 17.8 Å². The van der Waals surface area contributed by atoms with Crippen molar-refractivity contribution in [2.45, 2.75) is 47.1 Å². The average Bonchev–Trinajstić information content (AvgIpc) is 2.02. The summed E-state index contributed by atoms with van der Waals surface area (Å²) in [6.07, 6.45) is 1.07. The van der Waals surface area contributed by atoms with Crippen molar-refractivity contribution < 1.29 is 0 Å². The first-order valence-corrected chi connectivity index (χ1v) is 5.29. The third kappa shape index (κ3) is 4.47. The second-order valence-corrected chi connectivity index (χ2v) is 4.85.